The molecular formula is C17H20N2O2S. The average Bonchev–Trinajstić information content (AvgIpc) is 2.88. The number of nitrogens with one attached hydrogen (secondary N) is 1. The van der Waals surface area contributed by atoms with Crippen LogP contribution in [0.4, 0.5) is 0 Å². The van der Waals surface area contributed by atoms with Crippen molar-refractivity contribution in [2.24, 2.45) is 0 Å². The molecule has 0 radical (unpaired) electrons. The molecule has 1 aromatic heterocycles. The van der Waals surface area contributed by atoms with Crippen molar-refractivity contribution in [2.75, 3.05) is 0 Å². The lowest BCUT2D eigenvalue weighted by Crippen LogP contribution is -2.26. The number of Topliss-reactive ketones (excluding diaryl/α,β-unsaturated/α-hetero) is 1. The van der Waals surface area contributed by atoms with E-state index in [1.807, 2.05) is 44.2 Å². The summed E-state index contributed by atoms with van der Waals surface area (Å²) in [6, 6.07) is 9.89. The number of nitrogens with zero attached hydrogens (tertiary/aromatic N) is 1. The Bertz CT molecular complexity index is 665. The summed E-state index contributed by atoms with van der Waals surface area (Å²) in [4.78, 5) is 28.4. The number of benzene rings is 1. The number of amides is 1. The minimum Gasteiger partial charge on any atom is -0.349 e. The van der Waals surface area contributed by atoms with Gasteiger partial charge in [-0.2, -0.15) is 0 Å². The highest BCUT2D eigenvalue weighted by molar-refractivity contribution is 7.15. The van der Waals surface area contributed by atoms with E-state index in [0.717, 1.165) is 21.1 Å². The molecule has 2 aromatic rings. The van der Waals surface area contributed by atoms with Gasteiger partial charge in [0.2, 0.25) is 5.91 Å². The summed E-state index contributed by atoms with van der Waals surface area (Å²) in [5.74, 6) is -0.0695. The van der Waals surface area contributed by atoms with Gasteiger partial charge in [-0.15, -0.1) is 11.3 Å². The molecule has 1 aromatic carbocycles. The standard InChI is InChI=1S/C17H20N2O2S/c1-11(20)9-10-15(21)18-12(2)16-13(3)19-17(22-16)14-7-5-4-6-8-14/h4-8,12H,9-10H2,1-3H3,(H,18,21)/t12-/m0/s1. The second-order valence-corrected chi connectivity index (χ2v) is 6.36. The van der Waals surface area contributed by atoms with Gasteiger partial charge in [0.15, 0.2) is 0 Å². The van der Waals surface area contributed by atoms with Gasteiger partial charge in [-0.25, -0.2) is 4.98 Å². The fourth-order valence-electron chi connectivity index (χ4n) is 2.18. The number of carbonyl (C=O) groups is 2. The molecule has 0 aliphatic rings. The molecule has 1 heterocycles. The number of rotatable bonds is 6. The first-order chi connectivity index (χ1) is 10.5. The predicted octanol–water partition coefficient (Wildman–Crippen LogP) is 3.66. The van der Waals surface area contributed by atoms with E-state index in [0.29, 0.717) is 0 Å². The van der Waals surface area contributed by atoms with Crippen molar-refractivity contribution in [1.82, 2.24) is 10.3 Å². The molecule has 0 unspecified atom stereocenters. The molecule has 0 fully saturated rings. The highest BCUT2D eigenvalue weighted by Crippen LogP contribution is 2.31. The Balaban J connectivity index is 2.07. The third kappa shape index (κ3) is 4.24. The minimum absolute atomic E-state index is 0.0307. The van der Waals surface area contributed by atoms with Gasteiger partial charge < -0.3 is 10.1 Å². The van der Waals surface area contributed by atoms with Gasteiger partial charge >= 0.3 is 0 Å². The first kappa shape index (κ1) is 16.4. The van der Waals surface area contributed by atoms with Crippen LogP contribution in [0.1, 0.15) is 43.3 Å². The van der Waals surface area contributed by atoms with Crippen molar-refractivity contribution in [2.45, 2.75) is 39.7 Å². The van der Waals surface area contributed by atoms with Gasteiger partial charge in [0, 0.05) is 18.4 Å². The first-order valence-corrected chi connectivity index (χ1v) is 8.10. The molecule has 116 valence electrons. The molecule has 0 bridgehead atoms. The number of aromatic nitrogens is 1. The van der Waals surface area contributed by atoms with E-state index in [-0.39, 0.29) is 30.6 Å². The van der Waals surface area contributed by atoms with Crippen LogP contribution in [0.5, 0.6) is 0 Å². The van der Waals surface area contributed by atoms with Crippen molar-refractivity contribution >= 4 is 23.0 Å². The summed E-state index contributed by atoms with van der Waals surface area (Å²) in [6.07, 6.45) is 0.526. The van der Waals surface area contributed by atoms with E-state index in [1.54, 1.807) is 11.3 Å². The van der Waals surface area contributed by atoms with Crippen molar-refractivity contribution in [3.05, 3.63) is 40.9 Å². The van der Waals surface area contributed by atoms with Crippen LogP contribution in [0, 0.1) is 6.92 Å². The molecule has 22 heavy (non-hydrogen) atoms. The maximum Gasteiger partial charge on any atom is 0.220 e. The summed E-state index contributed by atoms with van der Waals surface area (Å²) < 4.78 is 0. The smallest absolute Gasteiger partial charge is 0.220 e. The second kappa shape index (κ2) is 7.31. The summed E-state index contributed by atoms with van der Waals surface area (Å²) in [5.41, 5.74) is 2.01. The number of carbonyl (C=O) groups excluding carboxylic acids is 2. The molecule has 2 rings (SSSR count). The van der Waals surface area contributed by atoms with Gasteiger partial charge in [0.05, 0.1) is 16.6 Å². The van der Waals surface area contributed by atoms with Crippen molar-refractivity contribution in [3.63, 3.8) is 0 Å². The van der Waals surface area contributed by atoms with Crippen LogP contribution < -0.4 is 5.32 Å². The number of hydrogen-bond acceptors (Lipinski definition) is 4. The second-order valence-electron chi connectivity index (χ2n) is 5.33. The molecule has 0 saturated carbocycles. The summed E-state index contributed by atoms with van der Waals surface area (Å²) in [5, 5.41) is 3.89. The molecule has 0 aliphatic heterocycles. The van der Waals surface area contributed by atoms with E-state index in [9.17, 15) is 9.59 Å². The predicted molar refractivity (Wildman–Crippen MR) is 88.8 cm³/mol. The van der Waals surface area contributed by atoms with Crippen molar-refractivity contribution in [1.29, 1.82) is 0 Å². The molecular weight excluding hydrogens is 296 g/mol. The Hall–Kier alpha value is -2.01. The SMILES string of the molecule is CC(=O)CCC(=O)N[C@@H](C)c1sc(-c2ccccc2)nc1C. The van der Waals surface area contributed by atoms with E-state index < -0.39 is 0 Å². The topological polar surface area (TPSA) is 59.1 Å². The van der Waals surface area contributed by atoms with Crippen LogP contribution in [0.25, 0.3) is 10.6 Å². The van der Waals surface area contributed by atoms with Crippen molar-refractivity contribution < 1.29 is 9.59 Å². The third-order valence-corrected chi connectivity index (χ3v) is 4.72. The van der Waals surface area contributed by atoms with E-state index in [4.69, 9.17) is 0 Å². The number of thiazole rings is 1. The first-order valence-electron chi connectivity index (χ1n) is 7.29. The van der Waals surface area contributed by atoms with E-state index >= 15 is 0 Å². The minimum atomic E-state index is -0.102. The zero-order chi connectivity index (χ0) is 16.1. The van der Waals surface area contributed by atoms with Crippen LogP contribution in [0.15, 0.2) is 30.3 Å². The fourth-order valence-corrected chi connectivity index (χ4v) is 3.26. The third-order valence-electron chi connectivity index (χ3n) is 3.33. The quantitative estimate of drug-likeness (QED) is 0.884. The lowest BCUT2D eigenvalue weighted by atomic mass is 10.2. The molecule has 0 spiro atoms. The van der Waals surface area contributed by atoms with Crippen LogP contribution in [-0.4, -0.2) is 16.7 Å². The summed E-state index contributed by atoms with van der Waals surface area (Å²) in [7, 11) is 0. The Morgan fingerprint density at radius 1 is 1.23 bits per heavy atom. The summed E-state index contributed by atoms with van der Waals surface area (Å²) >= 11 is 1.59. The van der Waals surface area contributed by atoms with E-state index in [2.05, 4.69) is 10.3 Å². The Morgan fingerprint density at radius 3 is 2.55 bits per heavy atom. The molecule has 4 nitrogen and oxygen atoms in total. The van der Waals surface area contributed by atoms with Gasteiger partial charge in [-0.05, 0) is 20.8 Å². The number of hydrogen-bond donors (Lipinski definition) is 1. The average molecular weight is 316 g/mol. The zero-order valence-electron chi connectivity index (χ0n) is 13.1. The zero-order valence-corrected chi connectivity index (χ0v) is 13.9. The normalized spacial score (nSPS) is 12.0. The summed E-state index contributed by atoms with van der Waals surface area (Å²) in [6.45, 7) is 5.40. The van der Waals surface area contributed by atoms with E-state index in [1.165, 1.54) is 6.92 Å². The Labute approximate surface area is 134 Å². The van der Waals surface area contributed by atoms with Gasteiger partial charge in [0.25, 0.3) is 0 Å². The molecule has 1 amide bonds. The van der Waals surface area contributed by atoms with Crippen LogP contribution >= 0.6 is 11.3 Å². The maximum atomic E-state index is 11.8. The van der Waals surface area contributed by atoms with Crippen LogP contribution in [-0.2, 0) is 9.59 Å². The highest BCUT2D eigenvalue weighted by atomic mass is 32.1. The molecule has 0 aliphatic carbocycles. The largest absolute Gasteiger partial charge is 0.349 e. The monoisotopic (exact) mass is 316 g/mol. The molecule has 1 N–H and O–H groups in total. The van der Waals surface area contributed by atoms with Gasteiger partial charge in [-0.3, -0.25) is 4.79 Å². The van der Waals surface area contributed by atoms with Crippen molar-refractivity contribution in [3.8, 4) is 10.6 Å². The van der Waals surface area contributed by atoms with Crippen LogP contribution in [0.3, 0.4) is 0 Å². The van der Waals surface area contributed by atoms with Crippen LogP contribution in [0.2, 0.25) is 0 Å². The number of ketones is 1. The lowest BCUT2D eigenvalue weighted by Gasteiger charge is -2.12. The molecule has 0 saturated heterocycles. The maximum absolute atomic E-state index is 11.8. The lowest BCUT2D eigenvalue weighted by molar-refractivity contribution is -0.125. The fraction of sp³-hybridized carbons (Fsp3) is 0.353. The van der Waals surface area contributed by atoms with Gasteiger partial charge in [0.1, 0.15) is 10.8 Å². The van der Waals surface area contributed by atoms with Gasteiger partial charge in [-0.1, -0.05) is 30.3 Å². The molecule has 5 heteroatoms. The highest BCUT2D eigenvalue weighted by Gasteiger charge is 2.17. The Morgan fingerprint density at radius 2 is 1.91 bits per heavy atom. The molecule has 1 atom stereocenters. The number of aryl methyl sites for hydroxylation is 1. The Kier molecular flexibility index (Phi) is 5.44.